The van der Waals surface area contributed by atoms with Crippen LogP contribution in [0.4, 0.5) is 0 Å². The minimum atomic E-state index is 0.0188. The molecule has 1 amide bonds. The molecule has 0 radical (unpaired) electrons. The molecule has 1 fully saturated rings. The highest BCUT2D eigenvalue weighted by Crippen LogP contribution is 2.20. The Kier molecular flexibility index (Phi) is 6.01. The molecular formula is C15H23NO3S. The maximum absolute atomic E-state index is 11.9. The molecule has 1 aliphatic rings. The van der Waals surface area contributed by atoms with Gasteiger partial charge in [0.1, 0.15) is 0 Å². The number of thiophene rings is 1. The van der Waals surface area contributed by atoms with Crippen LogP contribution >= 0.6 is 11.3 Å². The van der Waals surface area contributed by atoms with E-state index in [1.54, 1.807) is 11.3 Å². The Hall–Kier alpha value is -0.910. The van der Waals surface area contributed by atoms with Crippen LogP contribution in [0.2, 0.25) is 0 Å². The molecule has 0 spiro atoms. The second-order valence-electron chi connectivity index (χ2n) is 5.17. The maximum atomic E-state index is 11.9. The Bertz CT molecular complexity index is 419. The topological polar surface area (TPSA) is 47.6 Å². The Morgan fingerprint density at radius 1 is 1.55 bits per heavy atom. The Morgan fingerprint density at radius 3 is 3.05 bits per heavy atom. The molecule has 0 bridgehead atoms. The van der Waals surface area contributed by atoms with E-state index in [-0.39, 0.29) is 12.0 Å². The van der Waals surface area contributed by atoms with Crippen LogP contribution in [0.15, 0.2) is 6.07 Å². The van der Waals surface area contributed by atoms with Gasteiger partial charge in [-0.1, -0.05) is 0 Å². The summed E-state index contributed by atoms with van der Waals surface area (Å²) in [6.45, 7) is 6.93. The first-order valence-electron chi connectivity index (χ1n) is 7.21. The highest BCUT2D eigenvalue weighted by molar-refractivity contribution is 7.14. The number of amides is 1. The molecule has 2 heterocycles. The SMILES string of the molecule is Cc1cc(C(=O)NCCCOCC2CCCO2)sc1C. The molecule has 112 valence electrons. The summed E-state index contributed by atoms with van der Waals surface area (Å²) in [5, 5.41) is 2.93. The van der Waals surface area contributed by atoms with Gasteiger partial charge in [-0.3, -0.25) is 4.79 Å². The van der Waals surface area contributed by atoms with E-state index in [1.807, 2.05) is 19.9 Å². The van der Waals surface area contributed by atoms with Crippen LogP contribution < -0.4 is 5.32 Å². The van der Waals surface area contributed by atoms with Crippen molar-refractivity contribution in [3.63, 3.8) is 0 Å². The molecule has 1 aliphatic heterocycles. The maximum Gasteiger partial charge on any atom is 0.261 e. The van der Waals surface area contributed by atoms with Gasteiger partial charge in [-0.15, -0.1) is 11.3 Å². The molecule has 0 aromatic carbocycles. The zero-order chi connectivity index (χ0) is 14.4. The smallest absolute Gasteiger partial charge is 0.261 e. The molecule has 1 unspecified atom stereocenters. The molecule has 1 saturated heterocycles. The Morgan fingerprint density at radius 2 is 2.40 bits per heavy atom. The van der Waals surface area contributed by atoms with Crippen LogP contribution in [0.1, 0.15) is 39.4 Å². The van der Waals surface area contributed by atoms with Crippen LogP contribution in [0.25, 0.3) is 0 Å². The van der Waals surface area contributed by atoms with Gasteiger partial charge in [-0.25, -0.2) is 0 Å². The van der Waals surface area contributed by atoms with Gasteiger partial charge in [-0.05, 0) is 44.7 Å². The first-order chi connectivity index (χ1) is 9.66. The summed E-state index contributed by atoms with van der Waals surface area (Å²) in [6, 6.07) is 1.95. The molecular weight excluding hydrogens is 274 g/mol. The lowest BCUT2D eigenvalue weighted by Crippen LogP contribution is -2.25. The fraction of sp³-hybridized carbons (Fsp3) is 0.667. The van der Waals surface area contributed by atoms with Crippen LogP contribution in [0, 0.1) is 13.8 Å². The van der Waals surface area contributed by atoms with E-state index in [0.717, 1.165) is 30.7 Å². The van der Waals surface area contributed by atoms with Crippen molar-refractivity contribution in [3.05, 3.63) is 21.4 Å². The van der Waals surface area contributed by atoms with Gasteiger partial charge in [0.2, 0.25) is 0 Å². The molecule has 4 nitrogen and oxygen atoms in total. The number of carbonyl (C=O) groups is 1. The lowest BCUT2D eigenvalue weighted by atomic mass is 10.2. The van der Waals surface area contributed by atoms with E-state index < -0.39 is 0 Å². The van der Waals surface area contributed by atoms with Gasteiger partial charge in [0, 0.05) is 24.6 Å². The number of rotatable bonds is 7. The summed E-state index contributed by atoms with van der Waals surface area (Å²) >= 11 is 1.55. The summed E-state index contributed by atoms with van der Waals surface area (Å²) in [7, 11) is 0. The lowest BCUT2D eigenvalue weighted by molar-refractivity contribution is 0.0166. The molecule has 5 heteroatoms. The largest absolute Gasteiger partial charge is 0.379 e. The molecule has 1 N–H and O–H groups in total. The van der Waals surface area contributed by atoms with E-state index in [2.05, 4.69) is 5.32 Å². The summed E-state index contributed by atoms with van der Waals surface area (Å²) in [6.07, 6.45) is 3.36. The normalized spacial score (nSPS) is 18.4. The third-order valence-corrected chi connectivity index (χ3v) is 4.62. The second kappa shape index (κ2) is 7.76. The molecule has 0 saturated carbocycles. The number of hydrogen-bond acceptors (Lipinski definition) is 4. The Labute approximate surface area is 124 Å². The average Bonchev–Trinajstić information content (AvgIpc) is 3.04. The lowest BCUT2D eigenvalue weighted by Gasteiger charge is -2.10. The first-order valence-corrected chi connectivity index (χ1v) is 8.03. The third-order valence-electron chi connectivity index (χ3n) is 3.47. The van der Waals surface area contributed by atoms with Crippen LogP contribution in [-0.2, 0) is 9.47 Å². The van der Waals surface area contributed by atoms with E-state index >= 15 is 0 Å². The highest BCUT2D eigenvalue weighted by Gasteiger charge is 2.15. The molecule has 1 atom stereocenters. The predicted octanol–water partition coefficient (Wildman–Crippen LogP) is 2.68. The van der Waals surface area contributed by atoms with Crippen molar-refractivity contribution >= 4 is 17.2 Å². The van der Waals surface area contributed by atoms with Gasteiger partial charge in [0.15, 0.2) is 0 Å². The van der Waals surface area contributed by atoms with Gasteiger partial charge in [0.25, 0.3) is 5.91 Å². The van der Waals surface area contributed by atoms with Gasteiger partial charge in [-0.2, -0.15) is 0 Å². The third kappa shape index (κ3) is 4.58. The van der Waals surface area contributed by atoms with Crippen molar-refractivity contribution in [2.75, 3.05) is 26.4 Å². The zero-order valence-electron chi connectivity index (χ0n) is 12.2. The standard InChI is InChI=1S/C15H23NO3S/c1-11-9-14(20-12(11)2)15(17)16-6-4-7-18-10-13-5-3-8-19-13/h9,13H,3-8,10H2,1-2H3,(H,16,17). The van der Waals surface area contributed by atoms with E-state index in [9.17, 15) is 4.79 Å². The summed E-state index contributed by atoms with van der Waals surface area (Å²) < 4.78 is 11.0. The van der Waals surface area contributed by atoms with Crippen molar-refractivity contribution in [3.8, 4) is 0 Å². The van der Waals surface area contributed by atoms with Gasteiger partial charge in [0.05, 0.1) is 17.6 Å². The first kappa shape index (κ1) is 15.5. The quantitative estimate of drug-likeness (QED) is 0.787. The summed E-state index contributed by atoms with van der Waals surface area (Å²) in [5.74, 6) is 0.0188. The average molecular weight is 297 g/mol. The zero-order valence-corrected chi connectivity index (χ0v) is 13.1. The van der Waals surface area contributed by atoms with Crippen molar-refractivity contribution in [1.29, 1.82) is 0 Å². The van der Waals surface area contributed by atoms with Crippen molar-refractivity contribution in [2.45, 2.75) is 39.2 Å². The number of ether oxygens (including phenoxy) is 2. The fourth-order valence-electron chi connectivity index (χ4n) is 2.14. The van der Waals surface area contributed by atoms with Gasteiger partial charge < -0.3 is 14.8 Å². The minimum Gasteiger partial charge on any atom is -0.379 e. The number of hydrogen-bond donors (Lipinski definition) is 1. The Balaban J connectivity index is 1.55. The van der Waals surface area contributed by atoms with Crippen molar-refractivity contribution in [2.24, 2.45) is 0 Å². The predicted molar refractivity (Wildman–Crippen MR) is 80.5 cm³/mol. The van der Waals surface area contributed by atoms with Crippen LogP contribution in [0.3, 0.4) is 0 Å². The van der Waals surface area contributed by atoms with E-state index in [1.165, 1.54) is 10.4 Å². The molecule has 1 aromatic rings. The molecule has 20 heavy (non-hydrogen) atoms. The minimum absolute atomic E-state index is 0.0188. The monoisotopic (exact) mass is 297 g/mol. The van der Waals surface area contributed by atoms with Crippen LogP contribution in [0.5, 0.6) is 0 Å². The summed E-state index contributed by atoms with van der Waals surface area (Å²) in [4.78, 5) is 13.9. The number of carbonyl (C=O) groups excluding carboxylic acids is 1. The molecule has 2 rings (SSSR count). The van der Waals surface area contributed by atoms with E-state index in [4.69, 9.17) is 9.47 Å². The van der Waals surface area contributed by atoms with Crippen molar-refractivity contribution < 1.29 is 14.3 Å². The highest BCUT2D eigenvalue weighted by atomic mass is 32.1. The molecule has 1 aromatic heterocycles. The summed E-state index contributed by atoms with van der Waals surface area (Å²) in [5.41, 5.74) is 1.18. The second-order valence-corrected chi connectivity index (χ2v) is 6.43. The molecule has 0 aliphatic carbocycles. The van der Waals surface area contributed by atoms with Gasteiger partial charge >= 0.3 is 0 Å². The van der Waals surface area contributed by atoms with E-state index in [0.29, 0.717) is 19.8 Å². The fourth-order valence-corrected chi connectivity index (χ4v) is 3.09. The van der Waals surface area contributed by atoms with Crippen LogP contribution in [-0.4, -0.2) is 38.4 Å². The number of nitrogens with one attached hydrogen (secondary N) is 1. The number of aryl methyl sites for hydroxylation is 2. The van der Waals surface area contributed by atoms with Crippen molar-refractivity contribution in [1.82, 2.24) is 5.32 Å².